The summed E-state index contributed by atoms with van der Waals surface area (Å²) < 4.78 is 1.86. The minimum absolute atomic E-state index is 0.00323. The number of carbonyl (C=O) groups is 2. The largest absolute Gasteiger partial charge is 0.376 e. The molecular weight excluding hydrogens is 512 g/mol. The number of amides is 2. The first kappa shape index (κ1) is 27.3. The Morgan fingerprint density at radius 3 is 2.41 bits per heavy atom. The number of benzene rings is 2. The van der Waals surface area contributed by atoms with Crippen LogP contribution >= 0.6 is 0 Å². The predicted molar refractivity (Wildman–Crippen MR) is 163 cm³/mol. The van der Waals surface area contributed by atoms with Crippen molar-refractivity contribution in [1.29, 1.82) is 0 Å². The number of likely N-dealkylation sites (N-methyl/N-ethyl adjacent to an activating group) is 1. The number of anilines is 2. The molecule has 1 spiro atoms. The zero-order chi connectivity index (χ0) is 28.7. The molecule has 41 heavy (non-hydrogen) atoms. The van der Waals surface area contributed by atoms with Gasteiger partial charge in [0, 0.05) is 69.8 Å². The summed E-state index contributed by atoms with van der Waals surface area (Å²) in [6, 6.07) is 16.1. The first-order chi connectivity index (χ1) is 19.7. The highest BCUT2D eigenvalue weighted by Crippen LogP contribution is 2.46. The van der Waals surface area contributed by atoms with Gasteiger partial charge in [0.2, 0.25) is 5.91 Å². The molecule has 6 rings (SSSR count). The molecule has 1 unspecified atom stereocenters. The summed E-state index contributed by atoms with van der Waals surface area (Å²) in [5, 5.41) is 4.58. The molecule has 2 aromatic carbocycles. The Morgan fingerprint density at radius 2 is 1.68 bits per heavy atom. The highest BCUT2D eigenvalue weighted by Gasteiger charge is 2.40. The number of nitrogens with zero attached hydrogens (tertiary/aromatic N) is 6. The van der Waals surface area contributed by atoms with Crippen LogP contribution in [0, 0.1) is 12.3 Å². The number of hydrogen-bond acceptors (Lipinski definition) is 5. The lowest BCUT2D eigenvalue weighted by atomic mass is 9.79. The summed E-state index contributed by atoms with van der Waals surface area (Å²) in [6.07, 6.45) is 7.64. The van der Waals surface area contributed by atoms with Crippen molar-refractivity contribution in [2.45, 2.75) is 32.6 Å². The van der Waals surface area contributed by atoms with Gasteiger partial charge >= 0.3 is 0 Å². The standard InChI is InChI=1S/C33H40N6O2/c1-24-12-15-39(34-24)29-10-9-25(21-30(29)35(2)3)32(41)38-16-14-33(22-26-7-5-6-8-28(26)38)13-11-27(23-33)31(40)37-19-17-36(4)18-20-37/h5-10,12,15,21,23H,11,13-14,16-20,22H2,1-4H3. The fourth-order valence-electron chi connectivity index (χ4n) is 6.59. The second kappa shape index (κ2) is 10.8. The van der Waals surface area contributed by atoms with E-state index in [-0.39, 0.29) is 17.2 Å². The summed E-state index contributed by atoms with van der Waals surface area (Å²) in [5.74, 6) is 0.195. The Morgan fingerprint density at radius 1 is 0.902 bits per heavy atom. The topological polar surface area (TPSA) is 64.9 Å². The number of aryl methyl sites for hydroxylation is 1. The van der Waals surface area contributed by atoms with Gasteiger partial charge in [-0.05, 0) is 81.0 Å². The van der Waals surface area contributed by atoms with Crippen LogP contribution in [0.3, 0.4) is 0 Å². The van der Waals surface area contributed by atoms with E-state index in [0.29, 0.717) is 12.1 Å². The Balaban J connectivity index is 1.28. The van der Waals surface area contributed by atoms with Gasteiger partial charge in [-0.1, -0.05) is 24.3 Å². The van der Waals surface area contributed by atoms with Crippen LogP contribution in [0.5, 0.6) is 0 Å². The minimum Gasteiger partial charge on any atom is -0.376 e. The van der Waals surface area contributed by atoms with Crippen LogP contribution < -0.4 is 9.80 Å². The van der Waals surface area contributed by atoms with Crippen LogP contribution in [0.25, 0.3) is 5.69 Å². The molecule has 1 fully saturated rings. The first-order valence-electron chi connectivity index (χ1n) is 14.7. The van der Waals surface area contributed by atoms with Crippen molar-refractivity contribution in [1.82, 2.24) is 19.6 Å². The van der Waals surface area contributed by atoms with Crippen molar-refractivity contribution in [2.75, 3.05) is 63.7 Å². The van der Waals surface area contributed by atoms with Gasteiger partial charge in [0.25, 0.3) is 5.91 Å². The van der Waals surface area contributed by atoms with Gasteiger partial charge in [-0.15, -0.1) is 0 Å². The minimum atomic E-state index is -0.112. The van der Waals surface area contributed by atoms with Gasteiger partial charge in [-0.25, -0.2) is 4.68 Å². The molecule has 8 nitrogen and oxygen atoms in total. The monoisotopic (exact) mass is 552 g/mol. The molecule has 0 saturated carbocycles. The lowest BCUT2D eigenvalue weighted by molar-refractivity contribution is -0.128. The van der Waals surface area contributed by atoms with E-state index in [1.165, 1.54) is 5.56 Å². The number of allylic oxidation sites excluding steroid dienone is 1. The Kier molecular flexibility index (Phi) is 7.20. The number of piperazine rings is 1. The van der Waals surface area contributed by atoms with Gasteiger partial charge < -0.3 is 19.6 Å². The molecule has 1 atom stereocenters. The third kappa shape index (κ3) is 5.28. The van der Waals surface area contributed by atoms with E-state index in [2.05, 4.69) is 41.3 Å². The summed E-state index contributed by atoms with van der Waals surface area (Å²) in [4.78, 5) is 35.8. The van der Waals surface area contributed by atoms with Crippen LogP contribution in [-0.4, -0.2) is 85.3 Å². The van der Waals surface area contributed by atoms with E-state index in [4.69, 9.17) is 0 Å². The van der Waals surface area contributed by atoms with Gasteiger partial charge in [-0.3, -0.25) is 9.59 Å². The quantitative estimate of drug-likeness (QED) is 0.483. The van der Waals surface area contributed by atoms with Crippen LogP contribution in [0.4, 0.5) is 11.4 Å². The fraction of sp³-hybridized carbons (Fsp3) is 0.424. The molecule has 3 aromatic rings. The summed E-state index contributed by atoms with van der Waals surface area (Å²) in [7, 11) is 6.08. The van der Waals surface area contributed by atoms with Crippen molar-refractivity contribution < 1.29 is 9.59 Å². The molecule has 1 aliphatic carbocycles. The van der Waals surface area contributed by atoms with E-state index in [1.54, 1.807) is 0 Å². The van der Waals surface area contributed by atoms with Crippen LogP contribution in [-0.2, 0) is 11.2 Å². The maximum absolute atomic E-state index is 14.2. The molecule has 0 radical (unpaired) electrons. The Labute approximate surface area is 242 Å². The Hall–Kier alpha value is -3.91. The molecule has 0 N–H and O–H groups in total. The summed E-state index contributed by atoms with van der Waals surface area (Å²) >= 11 is 0. The summed E-state index contributed by atoms with van der Waals surface area (Å²) in [5.41, 5.74) is 6.44. The van der Waals surface area contributed by atoms with Crippen LogP contribution in [0.2, 0.25) is 0 Å². The highest BCUT2D eigenvalue weighted by molar-refractivity contribution is 6.07. The van der Waals surface area contributed by atoms with E-state index < -0.39 is 0 Å². The number of carbonyl (C=O) groups excluding carboxylic acids is 2. The molecule has 1 saturated heterocycles. The zero-order valence-electron chi connectivity index (χ0n) is 24.6. The van der Waals surface area contributed by atoms with E-state index in [9.17, 15) is 9.59 Å². The molecule has 2 aliphatic heterocycles. The first-order valence-corrected chi connectivity index (χ1v) is 14.7. The highest BCUT2D eigenvalue weighted by atomic mass is 16.2. The molecule has 1 aromatic heterocycles. The molecule has 0 bridgehead atoms. The van der Waals surface area contributed by atoms with Gasteiger partial charge in [0.05, 0.1) is 17.1 Å². The van der Waals surface area contributed by atoms with Crippen LogP contribution in [0.15, 0.2) is 66.4 Å². The Bertz CT molecular complexity index is 1500. The van der Waals surface area contributed by atoms with Gasteiger partial charge in [0.15, 0.2) is 0 Å². The number of para-hydroxylation sites is 1. The van der Waals surface area contributed by atoms with Crippen molar-refractivity contribution in [3.8, 4) is 5.69 Å². The average Bonchev–Trinajstić information content (AvgIpc) is 3.55. The second-order valence-corrected chi connectivity index (χ2v) is 12.1. The smallest absolute Gasteiger partial charge is 0.258 e. The summed E-state index contributed by atoms with van der Waals surface area (Å²) in [6.45, 7) is 6.01. The normalized spacial score (nSPS) is 21.0. The third-order valence-electron chi connectivity index (χ3n) is 9.01. The molecule has 3 aliphatic rings. The zero-order valence-corrected chi connectivity index (χ0v) is 24.6. The number of hydrogen-bond donors (Lipinski definition) is 0. The van der Waals surface area contributed by atoms with E-state index in [1.807, 2.05) is 76.9 Å². The van der Waals surface area contributed by atoms with Gasteiger partial charge in [-0.2, -0.15) is 5.10 Å². The lowest BCUT2D eigenvalue weighted by Crippen LogP contribution is -2.47. The number of aromatic nitrogens is 2. The number of fused-ring (bicyclic) bond motifs is 1. The van der Waals surface area contributed by atoms with E-state index in [0.717, 1.165) is 80.2 Å². The molecule has 214 valence electrons. The van der Waals surface area contributed by atoms with Crippen molar-refractivity contribution >= 4 is 23.2 Å². The molecule has 8 heteroatoms. The van der Waals surface area contributed by atoms with Crippen molar-refractivity contribution in [3.63, 3.8) is 0 Å². The van der Waals surface area contributed by atoms with Gasteiger partial charge in [0.1, 0.15) is 0 Å². The number of rotatable bonds is 4. The molecular formula is C33H40N6O2. The maximum atomic E-state index is 14.2. The third-order valence-corrected chi connectivity index (χ3v) is 9.01. The average molecular weight is 553 g/mol. The molecule has 3 heterocycles. The van der Waals surface area contributed by atoms with E-state index >= 15 is 0 Å². The molecule has 2 amide bonds. The van der Waals surface area contributed by atoms with Crippen molar-refractivity contribution in [3.05, 3.63) is 83.2 Å². The SMILES string of the molecule is Cc1ccn(-c2ccc(C(=O)N3CCC4(C=C(C(=O)N5CCN(C)CC5)CC4)Cc4ccccc43)cc2N(C)C)n1. The lowest BCUT2D eigenvalue weighted by Gasteiger charge is -2.32. The maximum Gasteiger partial charge on any atom is 0.258 e. The van der Waals surface area contributed by atoms with Crippen LogP contribution in [0.1, 0.15) is 40.9 Å². The van der Waals surface area contributed by atoms with Crippen molar-refractivity contribution in [2.24, 2.45) is 5.41 Å². The fourth-order valence-corrected chi connectivity index (χ4v) is 6.59. The second-order valence-electron chi connectivity index (χ2n) is 12.1. The predicted octanol–water partition coefficient (Wildman–Crippen LogP) is 4.32.